The van der Waals surface area contributed by atoms with Crippen molar-refractivity contribution in [2.45, 2.75) is 52.4 Å². The number of hydrogen-bond donors (Lipinski definition) is 0. The lowest BCUT2D eigenvalue weighted by atomic mass is 9.79. The van der Waals surface area contributed by atoms with E-state index in [2.05, 4.69) is 86.4 Å². The summed E-state index contributed by atoms with van der Waals surface area (Å²) in [5, 5.41) is 0. The number of hydrogen-bond acceptors (Lipinski definition) is 0. The first kappa shape index (κ1) is 18.5. The second-order valence-electron chi connectivity index (χ2n) is 7.66. The van der Waals surface area contributed by atoms with E-state index in [1.807, 2.05) is 0 Å². The van der Waals surface area contributed by atoms with Crippen LogP contribution < -0.4 is 0 Å². The van der Waals surface area contributed by atoms with Crippen LogP contribution in [-0.2, 0) is 6.42 Å². The van der Waals surface area contributed by atoms with E-state index >= 15 is 0 Å². The predicted octanol–water partition coefficient (Wildman–Crippen LogP) is 6.96. The van der Waals surface area contributed by atoms with E-state index in [9.17, 15) is 0 Å². The Morgan fingerprint density at radius 1 is 0.885 bits per heavy atom. The van der Waals surface area contributed by atoms with Gasteiger partial charge in [-0.05, 0) is 94.0 Å². The van der Waals surface area contributed by atoms with Gasteiger partial charge in [0.1, 0.15) is 0 Å². The zero-order chi connectivity index (χ0) is 18.2. The van der Waals surface area contributed by atoms with Crippen LogP contribution in [0.1, 0.15) is 62.7 Å². The Morgan fingerprint density at radius 3 is 2.04 bits per heavy atom. The molecule has 0 amide bonds. The van der Waals surface area contributed by atoms with E-state index in [-0.39, 0.29) is 1.43 Å². The van der Waals surface area contributed by atoms with Crippen molar-refractivity contribution in [3.8, 4) is 11.8 Å². The van der Waals surface area contributed by atoms with Gasteiger partial charge in [0.15, 0.2) is 0 Å². The smallest absolute Gasteiger partial charge is 0.0249 e. The lowest BCUT2D eigenvalue weighted by molar-refractivity contribution is 0.296. The SMILES string of the molecule is C/C=C/C1CCC(CCc2ccc(C#Cc3ccc(C)cc3)cc2)CC1.[HH]. The summed E-state index contributed by atoms with van der Waals surface area (Å²) < 4.78 is 0. The minimum absolute atomic E-state index is 0. The molecular weight excluding hydrogens is 312 g/mol. The molecule has 3 rings (SSSR count). The average Bonchev–Trinajstić information content (AvgIpc) is 2.68. The van der Waals surface area contributed by atoms with E-state index in [1.54, 1.807) is 0 Å². The zero-order valence-electron chi connectivity index (χ0n) is 16.2. The maximum absolute atomic E-state index is 3.27. The van der Waals surface area contributed by atoms with Crippen molar-refractivity contribution < 1.29 is 1.43 Å². The van der Waals surface area contributed by atoms with Crippen molar-refractivity contribution in [1.82, 2.24) is 0 Å². The van der Waals surface area contributed by atoms with Crippen LogP contribution >= 0.6 is 0 Å². The summed E-state index contributed by atoms with van der Waals surface area (Å²) >= 11 is 0. The van der Waals surface area contributed by atoms with Gasteiger partial charge in [-0.25, -0.2) is 0 Å². The van der Waals surface area contributed by atoms with Crippen LogP contribution in [0.2, 0.25) is 0 Å². The summed E-state index contributed by atoms with van der Waals surface area (Å²) in [5.74, 6) is 8.27. The van der Waals surface area contributed by atoms with Gasteiger partial charge in [0, 0.05) is 12.6 Å². The fraction of sp³-hybridized carbons (Fsp3) is 0.385. The molecule has 0 N–H and O–H groups in total. The second kappa shape index (κ2) is 9.44. The molecule has 0 radical (unpaired) electrons. The quantitative estimate of drug-likeness (QED) is 0.415. The summed E-state index contributed by atoms with van der Waals surface area (Å²) in [6.45, 7) is 4.24. The fourth-order valence-electron chi connectivity index (χ4n) is 3.85. The standard InChI is InChI=1S/C26H30.H2/c1-3-4-22-9-11-24(12-10-22)15-16-26-19-17-25(18-20-26)14-13-23-7-5-21(2)6-8-23;/h3-8,17-20,22,24H,9-12,15-16H2,1-2H3;1H/b4-3+;. The lowest BCUT2D eigenvalue weighted by Crippen LogP contribution is -2.13. The lowest BCUT2D eigenvalue weighted by Gasteiger charge is -2.26. The molecular formula is C26H32. The van der Waals surface area contributed by atoms with Crippen LogP contribution in [0.5, 0.6) is 0 Å². The third-order valence-electron chi connectivity index (χ3n) is 5.55. The van der Waals surface area contributed by atoms with Gasteiger partial charge >= 0.3 is 0 Å². The molecule has 0 atom stereocenters. The highest BCUT2D eigenvalue weighted by atomic mass is 14.2. The number of allylic oxidation sites excluding steroid dienone is 2. The predicted molar refractivity (Wildman–Crippen MR) is 114 cm³/mol. The first-order valence-corrected chi connectivity index (χ1v) is 10.0. The van der Waals surface area contributed by atoms with Crippen LogP contribution in [0, 0.1) is 30.6 Å². The topological polar surface area (TPSA) is 0 Å². The van der Waals surface area contributed by atoms with Gasteiger partial charge in [0.25, 0.3) is 0 Å². The second-order valence-corrected chi connectivity index (χ2v) is 7.66. The normalized spacial score (nSPS) is 19.9. The van der Waals surface area contributed by atoms with Gasteiger partial charge in [-0.2, -0.15) is 0 Å². The van der Waals surface area contributed by atoms with Crippen molar-refractivity contribution in [2.24, 2.45) is 11.8 Å². The molecule has 26 heavy (non-hydrogen) atoms. The molecule has 1 aliphatic carbocycles. The molecule has 1 fully saturated rings. The molecule has 0 bridgehead atoms. The minimum atomic E-state index is 0. The summed E-state index contributed by atoms with van der Waals surface area (Å²) in [6, 6.07) is 17.2. The Bertz CT molecular complexity index is 764. The van der Waals surface area contributed by atoms with Crippen LogP contribution in [0.4, 0.5) is 0 Å². The molecule has 0 aliphatic heterocycles. The molecule has 0 nitrogen and oxygen atoms in total. The Kier molecular flexibility index (Phi) is 6.73. The van der Waals surface area contributed by atoms with Gasteiger partial charge in [-0.3, -0.25) is 0 Å². The Balaban J connectivity index is 0.00000261. The maximum atomic E-state index is 3.27. The van der Waals surface area contributed by atoms with Gasteiger partial charge in [-0.15, -0.1) is 0 Å². The number of benzene rings is 2. The summed E-state index contributed by atoms with van der Waals surface area (Å²) in [6.07, 6.45) is 12.7. The summed E-state index contributed by atoms with van der Waals surface area (Å²) in [7, 11) is 0. The van der Waals surface area contributed by atoms with Crippen LogP contribution in [0.25, 0.3) is 0 Å². The van der Waals surface area contributed by atoms with E-state index in [0.29, 0.717) is 0 Å². The molecule has 1 saturated carbocycles. The van der Waals surface area contributed by atoms with E-state index < -0.39 is 0 Å². The van der Waals surface area contributed by atoms with Gasteiger partial charge in [-0.1, -0.05) is 53.8 Å². The van der Waals surface area contributed by atoms with Crippen molar-refractivity contribution in [3.63, 3.8) is 0 Å². The van der Waals surface area contributed by atoms with Crippen molar-refractivity contribution in [3.05, 3.63) is 82.9 Å². The largest absolute Gasteiger partial charge is 0.0914 e. The molecule has 0 saturated heterocycles. The van der Waals surface area contributed by atoms with Gasteiger partial charge in [0.2, 0.25) is 0 Å². The molecule has 0 heterocycles. The minimum Gasteiger partial charge on any atom is -0.0914 e. The maximum Gasteiger partial charge on any atom is 0.0249 e. The van der Waals surface area contributed by atoms with Crippen LogP contribution in [0.15, 0.2) is 60.7 Å². The zero-order valence-corrected chi connectivity index (χ0v) is 16.2. The monoisotopic (exact) mass is 344 g/mol. The highest BCUT2D eigenvalue weighted by Gasteiger charge is 2.18. The van der Waals surface area contributed by atoms with Crippen molar-refractivity contribution in [2.75, 3.05) is 0 Å². The van der Waals surface area contributed by atoms with Gasteiger partial charge < -0.3 is 0 Å². The van der Waals surface area contributed by atoms with Crippen LogP contribution in [-0.4, -0.2) is 0 Å². The van der Waals surface area contributed by atoms with Gasteiger partial charge in [0.05, 0.1) is 0 Å². The average molecular weight is 345 g/mol. The highest BCUT2D eigenvalue weighted by Crippen LogP contribution is 2.32. The molecule has 0 spiro atoms. The summed E-state index contributed by atoms with van der Waals surface area (Å²) in [5.41, 5.74) is 4.89. The molecule has 2 aromatic rings. The molecule has 136 valence electrons. The highest BCUT2D eigenvalue weighted by molar-refractivity contribution is 5.43. The number of rotatable bonds is 4. The van der Waals surface area contributed by atoms with Crippen LogP contribution in [0.3, 0.4) is 0 Å². The van der Waals surface area contributed by atoms with E-state index in [0.717, 1.165) is 23.0 Å². The molecule has 0 aromatic heterocycles. The molecule has 0 heteroatoms. The molecule has 2 aromatic carbocycles. The van der Waals surface area contributed by atoms with Crippen molar-refractivity contribution >= 4 is 0 Å². The Morgan fingerprint density at radius 2 is 1.46 bits per heavy atom. The molecule has 0 unspecified atom stereocenters. The van der Waals surface area contributed by atoms with E-state index in [1.165, 1.54) is 49.7 Å². The van der Waals surface area contributed by atoms with Crippen molar-refractivity contribution in [1.29, 1.82) is 0 Å². The summed E-state index contributed by atoms with van der Waals surface area (Å²) in [4.78, 5) is 0. The Labute approximate surface area is 160 Å². The van der Waals surface area contributed by atoms with E-state index in [4.69, 9.17) is 0 Å². The fourth-order valence-corrected chi connectivity index (χ4v) is 3.85. The Hall–Kier alpha value is -2.26. The third kappa shape index (κ3) is 5.63. The number of aryl methyl sites for hydroxylation is 2. The third-order valence-corrected chi connectivity index (χ3v) is 5.55. The first-order chi connectivity index (χ1) is 12.7. The first-order valence-electron chi connectivity index (χ1n) is 10.0. The molecule has 1 aliphatic rings.